The standard InChI is InChI=1S/C14H20ClN5O.ClH/c1-9-13(15)10(2)20(18-9)8-12-17-14(19-21-12)11-6-4-3-5-7-16-11;/h11,16H,3-8H2,1-2H3;1H. The van der Waals surface area contributed by atoms with Gasteiger partial charge in [0, 0.05) is 0 Å². The Morgan fingerprint density at radius 1 is 1.32 bits per heavy atom. The van der Waals surface area contributed by atoms with Gasteiger partial charge >= 0.3 is 0 Å². The molecule has 1 atom stereocenters. The lowest BCUT2D eigenvalue weighted by atomic mass is 10.1. The fraction of sp³-hybridized carbons (Fsp3) is 0.643. The monoisotopic (exact) mass is 345 g/mol. The van der Waals surface area contributed by atoms with E-state index in [1.54, 1.807) is 4.68 Å². The molecule has 1 fully saturated rings. The van der Waals surface area contributed by atoms with Gasteiger partial charge in [0.15, 0.2) is 5.82 Å². The Bertz CT molecular complexity index is 617. The number of rotatable bonds is 3. The Hall–Kier alpha value is -1.11. The summed E-state index contributed by atoms with van der Waals surface area (Å²) < 4.78 is 7.16. The molecule has 3 rings (SSSR count). The lowest BCUT2D eigenvalue weighted by Gasteiger charge is -2.09. The van der Waals surface area contributed by atoms with E-state index in [-0.39, 0.29) is 18.4 Å². The molecule has 8 heteroatoms. The molecule has 1 aliphatic rings. The van der Waals surface area contributed by atoms with Crippen LogP contribution in [0, 0.1) is 13.8 Å². The van der Waals surface area contributed by atoms with Crippen molar-refractivity contribution in [3.63, 3.8) is 0 Å². The Morgan fingerprint density at radius 2 is 2.14 bits per heavy atom. The van der Waals surface area contributed by atoms with E-state index in [9.17, 15) is 0 Å². The fourth-order valence-corrected chi connectivity index (χ4v) is 2.82. The van der Waals surface area contributed by atoms with Crippen molar-refractivity contribution < 1.29 is 4.52 Å². The minimum atomic E-state index is 0. The average molecular weight is 346 g/mol. The zero-order valence-electron chi connectivity index (χ0n) is 12.8. The molecule has 122 valence electrons. The number of aryl methyl sites for hydroxylation is 1. The maximum absolute atomic E-state index is 6.15. The van der Waals surface area contributed by atoms with Crippen LogP contribution in [0.3, 0.4) is 0 Å². The van der Waals surface area contributed by atoms with Crippen molar-refractivity contribution in [3.05, 3.63) is 28.1 Å². The van der Waals surface area contributed by atoms with Crippen LogP contribution in [0.4, 0.5) is 0 Å². The van der Waals surface area contributed by atoms with Gasteiger partial charge in [-0.1, -0.05) is 29.6 Å². The number of nitrogens with zero attached hydrogens (tertiary/aromatic N) is 4. The summed E-state index contributed by atoms with van der Waals surface area (Å²) in [7, 11) is 0. The molecule has 0 bridgehead atoms. The number of nitrogens with one attached hydrogen (secondary N) is 1. The van der Waals surface area contributed by atoms with Crippen LogP contribution in [0.5, 0.6) is 0 Å². The van der Waals surface area contributed by atoms with Crippen molar-refractivity contribution in [2.45, 2.75) is 52.1 Å². The van der Waals surface area contributed by atoms with Gasteiger partial charge in [-0.3, -0.25) is 4.68 Å². The molecule has 0 spiro atoms. The van der Waals surface area contributed by atoms with Gasteiger partial charge in [-0.05, 0) is 33.2 Å². The third-order valence-electron chi connectivity index (χ3n) is 3.93. The summed E-state index contributed by atoms with van der Waals surface area (Å²) in [5, 5.41) is 12.7. The Balaban J connectivity index is 0.00000176. The molecule has 0 amide bonds. The predicted octanol–water partition coefficient (Wildman–Crippen LogP) is 3.21. The van der Waals surface area contributed by atoms with Crippen LogP contribution in [-0.2, 0) is 6.54 Å². The summed E-state index contributed by atoms with van der Waals surface area (Å²) in [6.07, 6.45) is 4.74. The van der Waals surface area contributed by atoms with Crippen LogP contribution >= 0.6 is 24.0 Å². The summed E-state index contributed by atoms with van der Waals surface area (Å²) in [5.41, 5.74) is 1.74. The molecule has 22 heavy (non-hydrogen) atoms. The average Bonchev–Trinajstić information content (AvgIpc) is 2.89. The van der Waals surface area contributed by atoms with Crippen LogP contribution in [0.2, 0.25) is 5.02 Å². The van der Waals surface area contributed by atoms with Crippen molar-refractivity contribution in [2.75, 3.05) is 6.54 Å². The normalized spacial score (nSPS) is 18.8. The molecular weight excluding hydrogens is 325 g/mol. The molecule has 1 aliphatic heterocycles. The first-order chi connectivity index (χ1) is 10.1. The molecule has 1 N–H and O–H groups in total. The maximum Gasteiger partial charge on any atom is 0.248 e. The highest BCUT2D eigenvalue weighted by Crippen LogP contribution is 2.22. The maximum atomic E-state index is 6.15. The highest BCUT2D eigenvalue weighted by molar-refractivity contribution is 6.31. The molecule has 0 radical (unpaired) electrons. The van der Waals surface area contributed by atoms with E-state index in [0.717, 1.165) is 30.2 Å². The first-order valence-electron chi connectivity index (χ1n) is 7.40. The molecule has 0 saturated carbocycles. The number of hydrogen-bond donors (Lipinski definition) is 1. The van der Waals surface area contributed by atoms with E-state index in [1.807, 2.05) is 13.8 Å². The van der Waals surface area contributed by atoms with Crippen molar-refractivity contribution in [1.82, 2.24) is 25.2 Å². The number of hydrogen-bond acceptors (Lipinski definition) is 5. The lowest BCUT2D eigenvalue weighted by molar-refractivity contribution is 0.353. The van der Waals surface area contributed by atoms with E-state index < -0.39 is 0 Å². The van der Waals surface area contributed by atoms with Crippen LogP contribution in [0.1, 0.15) is 54.8 Å². The largest absolute Gasteiger partial charge is 0.337 e. The van der Waals surface area contributed by atoms with E-state index >= 15 is 0 Å². The summed E-state index contributed by atoms with van der Waals surface area (Å²) >= 11 is 6.15. The minimum Gasteiger partial charge on any atom is -0.337 e. The molecule has 2 aromatic heterocycles. The van der Waals surface area contributed by atoms with Crippen LogP contribution in [-0.4, -0.2) is 26.5 Å². The Kier molecular flexibility index (Phi) is 5.83. The second-order valence-corrected chi connectivity index (χ2v) is 5.92. The molecule has 1 unspecified atom stereocenters. The predicted molar refractivity (Wildman–Crippen MR) is 86.6 cm³/mol. The van der Waals surface area contributed by atoms with Crippen LogP contribution in [0.15, 0.2) is 4.52 Å². The highest BCUT2D eigenvalue weighted by Gasteiger charge is 2.20. The van der Waals surface area contributed by atoms with Crippen LogP contribution in [0.25, 0.3) is 0 Å². The van der Waals surface area contributed by atoms with Gasteiger partial charge in [-0.2, -0.15) is 10.1 Å². The summed E-state index contributed by atoms with van der Waals surface area (Å²) in [6, 6.07) is 0.203. The van der Waals surface area contributed by atoms with Crippen molar-refractivity contribution in [3.8, 4) is 0 Å². The van der Waals surface area contributed by atoms with Gasteiger partial charge < -0.3 is 9.84 Å². The SMILES string of the molecule is Cc1nn(Cc2nc(C3CCCCCN3)no2)c(C)c1Cl.Cl. The molecule has 1 saturated heterocycles. The molecule has 3 heterocycles. The topological polar surface area (TPSA) is 68.8 Å². The van der Waals surface area contributed by atoms with Gasteiger partial charge in [0.25, 0.3) is 0 Å². The summed E-state index contributed by atoms with van der Waals surface area (Å²) in [6.45, 7) is 5.30. The van der Waals surface area contributed by atoms with Crippen molar-refractivity contribution in [1.29, 1.82) is 0 Å². The molecule has 0 aliphatic carbocycles. The summed E-state index contributed by atoms with van der Waals surface area (Å²) in [4.78, 5) is 4.51. The van der Waals surface area contributed by atoms with E-state index in [1.165, 1.54) is 19.3 Å². The molecule has 0 aromatic carbocycles. The highest BCUT2D eigenvalue weighted by atomic mass is 35.5. The first-order valence-corrected chi connectivity index (χ1v) is 7.78. The number of halogens is 2. The van der Waals surface area contributed by atoms with Crippen molar-refractivity contribution in [2.24, 2.45) is 0 Å². The van der Waals surface area contributed by atoms with E-state index in [4.69, 9.17) is 16.1 Å². The van der Waals surface area contributed by atoms with E-state index in [2.05, 4.69) is 20.6 Å². The lowest BCUT2D eigenvalue weighted by Crippen LogP contribution is -2.21. The molecular formula is C14H21Cl2N5O. The summed E-state index contributed by atoms with van der Waals surface area (Å²) in [5.74, 6) is 1.32. The van der Waals surface area contributed by atoms with Gasteiger partial charge in [-0.25, -0.2) is 0 Å². The Morgan fingerprint density at radius 3 is 2.86 bits per heavy atom. The zero-order valence-corrected chi connectivity index (χ0v) is 14.4. The second kappa shape index (κ2) is 7.44. The van der Waals surface area contributed by atoms with Gasteiger partial charge in [-0.15, -0.1) is 12.4 Å². The van der Waals surface area contributed by atoms with E-state index in [0.29, 0.717) is 17.5 Å². The van der Waals surface area contributed by atoms with Gasteiger partial charge in [0.05, 0.1) is 22.5 Å². The smallest absolute Gasteiger partial charge is 0.248 e. The van der Waals surface area contributed by atoms with Gasteiger partial charge in [0.2, 0.25) is 5.89 Å². The van der Waals surface area contributed by atoms with Gasteiger partial charge in [0.1, 0.15) is 6.54 Å². The third kappa shape index (κ3) is 3.62. The van der Waals surface area contributed by atoms with Crippen molar-refractivity contribution >= 4 is 24.0 Å². The zero-order chi connectivity index (χ0) is 14.8. The molecule has 2 aromatic rings. The molecule has 6 nitrogen and oxygen atoms in total. The minimum absolute atomic E-state index is 0. The number of aromatic nitrogens is 4. The quantitative estimate of drug-likeness (QED) is 0.924. The second-order valence-electron chi connectivity index (χ2n) is 5.54. The fourth-order valence-electron chi connectivity index (χ4n) is 2.68. The first kappa shape index (κ1) is 17.2. The Labute approximate surface area is 141 Å². The van der Waals surface area contributed by atoms with Crippen LogP contribution < -0.4 is 5.32 Å². The third-order valence-corrected chi connectivity index (χ3v) is 4.48.